The van der Waals surface area contributed by atoms with E-state index >= 15 is 0 Å². The molecule has 0 radical (unpaired) electrons. The lowest BCUT2D eigenvalue weighted by Crippen LogP contribution is -2.26. The summed E-state index contributed by atoms with van der Waals surface area (Å²) in [5.41, 5.74) is 10.3. The van der Waals surface area contributed by atoms with Crippen LogP contribution in [0.2, 0.25) is 0 Å². The van der Waals surface area contributed by atoms with Gasteiger partial charge in [-0.15, -0.1) is 0 Å². The van der Waals surface area contributed by atoms with Gasteiger partial charge in [0.05, 0.1) is 13.3 Å². The van der Waals surface area contributed by atoms with Crippen LogP contribution in [-0.2, 0) is 9.53 Å². The lowest BCUT2D eigenvalue weighted by atomic mass is 10.3. The number of guanidine groups is 1. The number of carbonyl (C=O) groups is 1. The second-order valence-corrected chi connectivity index (χ2v) is 2.35. The third-order valence-electron chi connectivity index (χ3n) is 1.39. The number of nitrogens with zero attached hydrogens (tertiary/aromatic N) is 2. The number of methoxy groups -OCH3 is 1. The van der Waals surface area contributed by atoms with Crippen molar-refractivity contribution in [3.8, 4) is 0 Å². The number of hydrogen-bond acceptors (Lipinski definition) is 5. The molecule has 0 amide bonds. The van der Waals surface area contributed by atoms with Gasteiger partial charge in [0.25, 0.3) is 0 Å². The van der Waals surface area contributed by atoms with Crippen LogP contribution in [0, 0.1) is 0 Å². The molecule has 1 atom stereocenters. The number of carbonyl (C=O) groups excluding carboxylic acids is 1. The lowest BCUT2D eigenvalue weighted by molar-refractivity contribution is -0.142. The Morgan fingerprint density at radius 2 is 2.43 bits per heavy atom. The first kappa shape index (κ1) is 10.0. The summed E-state index contributed by atoms with van der Waals surface area (Å²) in [7, 11) is 1.22. The molecule has 7 heteroatoms. The molecule has 1 rings (SSSR count). The van der Waals surface area contributed by atoms with Crippen molar-refractivity contribution >= 4 is 11.9 Å². The molecule has 0 saturated heterocycles. The topological polar surface area (TPSA) is 117 Å². The van der Waals surface area contributed by atoms with E-state index < -0.39 is 12.0 Å². The minimum absolute atomic E-state index is 0.0882. The number of aromatic nitrogens is 1. The smallest absolute Gasteiger partial charge is 0.340 e. The number of esters is 1. The molecule has 1 aromatic rings. The summed E-state index contributed by atoms with van der Waals surface area (Å²) >= 11 is 0. The Morgan fingerprint density at radius 3 is 2.86 bits per heavy atom. The zero-order valence-corrected chi connectivity index (χ0v) is 7.51. The fourth-order valence-electron chi connectivity index (χ4n) is 0.839. The predicted octanol–water partition coefficient (Wildman–Crippen LogP) is -0.838. The van der Waals surface area contributed by atoms with Gasteiger partial charge in [0, 0.05) is 0 Å². The zero-order chi connectivity index (χ0) is 10.6. The number of rotatable bonds is 3. The minimum Gasteiger partial charge on any atom is -0.467 e. The molecule has 0 bridgehead atoms. The van der Waals surface area contributed by atoms with E-state index in [1.165, 1.54) is 19.6 Å². The van der Waals surface area contributed by atoms with Crippen molar-refractivity contribution in [2.45, 2.75) is 6.04 Å². The summed E-state index contributed by atoms with van der Waals surface area (Å²) < 4.78 is 9.37. The molecular weight excluding hydrogens is 188 g/mol. The minimum atomic E-state index is -1.04. The van der Waals surface area contributed by atoms with Crippen molar-refractivity contribution in [3.05, 3.63) is 18.4 Å². The molecule has 0 aliphatic carbocycles. The highest BCUT2D eigenvalue weighted by Gasteiger charge is 2.24. The molecule has 0 fully saturated rings. The van der Waals surface area contributed by atoms with Crippen LogP contribution < -0.4 is 11.5 Å². The monoisotopic (exact) mass is 198 g/mol. The summed E-state index contributed by atoms with van der Waals surface area (Å²) in [6, 6.07) is -1.04. The SMILES string of the molecule is COC(=O)C(N=C(N)N)c1ncco1. The van der Waals surface area contributed by atoms with Gasteiger partial charge in [-0.1, -0.05) is 0 Å². The molecule has 7 nitrogen and oxygen atoms in total. The molecule has 14 heavy (non-hydrogen) atoms. The molecule has 0 aromatic carbocycles. The molecular formula is C7H10N4O3. The largest absolute Gasteiger partial charge is 0.467 e. The first-order chi connectivity index (χ1) is 6.65. The number of ether oxygens (including phenoxy) is 1. The van der Waals surface area contributed by atoms with E-state index in [1.807, 2.05) is 0 Å². The summed E-state index contributed by atoms with van der Waals surface area (Å²) in [6.07, 6.45) is 2.70. The van der Waals surface area contributed by atoms with Gasteiger partial charge in [-0.2, -0.15) is 0 Å². The summed E-state index contributed by atoms with van der Waals surface area (Å²) in [5, 5.41) is 0. The van der Waals surface area contributed by atoms with E-state index in [-0.39, 0.29) is 11.9 Å². The predicted molar refractivity (Wildman–Crippen MR) is 47.1 cm³/mol. The normalized spacial score (nSPS) is 11.8. The van der Waals surface area contributed by atoms with Crippen molar-refractivity contribution in [3.63, 3.8) is 0 Å². The molecule has 0 aliphatic rings. The molecule has 76 valence electrons. The van der Waals surface area contributed by atoms with Gasteiger partial charge in [-0.3, -0.25) is 0 Å². The van der Waals surface area contributed by atoms with Gasteiger partial charge < -0.3 is 20.6 Å². The second-order valence-electron chi connectivity index (χ2n) is 2.35. The van der Waals surface area contributed by atoms with Gasteiger partial charge in [-0.05, 0) is 0 Å². The van der Waals surface area contributed by atoms with E-state index in [4.69, 9.17) is 15.9 Å². The molecule has 1 heterocycles. The van der Waals surface area contributed by atoms with Gasteiger partial charge in [0.2, 0.25) is 11.9 Å². The first-order valence-electron chi connectivity index (χ1n) is 3.71. The number of nitrogens with two attached hydrogens (primary N) is 2. The molecule has 1 unspecified atom stereocenters. The van der Waals surface area contributed by atoms with Gasteiger partial charge in [0.1, 0.15) is 6.26 Å². The lowest BCUT2D eigenvalue weighted by Gasteiger charge is -2.05. The molecule has 4 N–H and O–H groups in total. The van der Waals surface area contributed by atoms with Crippen molar-refractivity contribution in [2.75, 3.05) is 7.11 Å². The second kappa shape index (κ2) is 4.26. The highest BCUT2D eigenvalue weighted by Crippen LogP contribution is 2.16. The highest BCUT2D eigenvalue weighted by atomic mass is 16.5. The maximum atomic E-state index is 11.2. The van der Waals surface area contributed by atoms with Crippen molar-refractivity contribution in [1.82, 2.24) is 4.98 Å². The van der Waals surface area contributed by atoms with Crippen molar-refractivity contribution in [2.24, 2.45) is 16.5 Å². The first-order valence-corrected chi connectivity index (χ1v) is 3.71. The summed E-state index contributed by atoms with van der Waals surface area (Å²) in [4.78, 5) is 18.6. The van der Waals surface area contributed by atoms with Crippen molar-refractivity contribution in [1.29, 1.82) is 0 Å². The van der Waals surface area contributed by atoms with Crippen LogP contribution in [0.3, 0.4) is 0 Å². The standard InChI is InChI=1S/C7H10N4O3/c1-13-6(12)4(11-7(8)9)5-10-2-3-14-5/h2-4H,1H3,(H4,8,9,11). The van der Waals surface area contributed by atoms with E-state index in [0.29, 0.717) is 0 Å². The Kier molecular flexibility index (Phi) is 3.05. The van der Waals surface area contributed by atoms with Crippen LogP contribution in [0.1, 0.15) is 11.9 Å². The average molecular weight is 198 g/mol. The van der Waals surface area contributed by atoms with E-state index in [2.05, 4.69) is 14.7 Å². The number of aliphatic imine (C=N–C) groups is 1. The Bertz CT molecular complexity index is 329. The number of oxazole rings is 1. The van der Waals surface area contributed by atoms with Crippen LogP contribution in [0.5, 0.6) is 0 Å². The maximum absolute atomic E-state index is 11.2. The highest BCUT2D eigenvalue weighted by molar-refractivity contribution is 5.82. The van der Waals surface area contributed by atoms with E-state index in [1.54, 1.807) is 0 Å². The average Bonchev–Trinajstić information content (AvgIpc) is 2.65. The maximum Gasteiger partial charge on any atom is 0.340 e. The quantitative estimate of drug-likeness (QED) is 0.371. The fraction of sp³-hybridized carbons (Fsp3) is 0.286. The van der Waals surface area contributed by atoms with Crippen LogP contribution >= 0.6 is 0 Å². The Hall–Kier alpha value is -2.05. The fourth-order valence-corrected chi connectivity index (χ4v) is 0.839. The van der Waals surface area contributed by atoms with Crippen molar-refractivity contribution < 1.29 is 13.9 Å². The van der Waals surface area contributed by atoms with Crippen LogP contribution in [-0.4, -0.2) is 24.0 Å². The molecule has 0 saturated carbocycles. The van der Waals surface area contributed by atoms with E-state index in [9.17, 15) is 4.79 Å². The Labute approximate surface area is 79.8 Å². The van der Waals surface area contributed by atoms with Gasteiger partial charge in [0.15, 0.2) is 5.96 Å². The zero-order valence-electron chi connectivity index (χ0n) is 7.51. The number of hydrogen-bond donors (Lipinski definition) is 2. The Balaban J connectivity index is 2.94. The Morgan fingerprint density at radius 1 is 1.71 bits per heavy atom. The van der Waals surface area contributed by atoms with Gasteiger partial charge in [-0.25, -0.2) is 14.8 Å². The van der Waals surface area contributed by atoms with Gasteiger partial charge >= 0.3 is 5.97 Å². The third-order valence-corrected chi connectivity index (χ3v) is 1.39. The molecule has 0 spiro atoms. The van der Waals surface area contributed by atoms with Crippen LogP contribution in [0.25, 0.3) is 0 Å². The summed E-state index contributed by atoms with van der Waals surface area (Å²) in [6.45, 7) is 0. The molecule has 1 aromatic heterocycles. The van der Waals surface area contributed by atoms with Crippen LogP contribution in [0.15, 0.2) is 21.9 Å². The van der Waals surface area contributed by atoms with Crippen LogP contribution in [0.4, 0.5) is 0 Å². The summed E-state index contributed by atoms with van der Waals surface area (Å²) in [5.74, 6) is -0.787. The van der Waals surface area contributed by atoms with E-state index in [0.717, 1.165) is 0 Å². The molecule has 0 aliphatic heterocycles. The third kappa shape index (κ3) is 2.22.